The minimum atomic E-state index is -0.106. The molecule has 27 heavy (non-hydrogen) atoms. The Morgan fingerprint density at radius 2 is 2.00 bits per heavy atom. The van der Waals surface area contributed by atoms with Crippen molar-refractivity contribution in [2.24, 2.45) is 24.8 Å². The van der Waals surface area contributed by atoms with Gasteiger partial charge in [0.2, 0.25) is 0 Å². The largest absolute Gasteiger partial charge is 1.00 e. The van der Waals surface area contributed by atoms with Crippen molar-refractivity contribution in [1.82, 2.24) is 4.57 Å². The molecule has 3 rings (SSSR count). The van der Waals surface area contributed by atoms with Crippen LogP contribution in [-0.2, 0) is 29.5 Å². The molecule has 1 fully saturated rings. The SMILES string of the molecule is CCc1n(CC(=O)O[C@@H]2C[C@H](C)CCC2C(C)C)c2ccccc2[n+]1C.[Cl-]. The number of carbonyl (C=O) groups is 1. The van der Waals surface area contributed by atoms with E-state index in [0.29, 0.717) is 24.3 Å². The normalized spacial score (nSPS) is 22.7. The highest BCUT2D eigenvalue weighted by atomic mass is 35.5. The van der Waals surface area contributed by atoms with E-state index in [-0.39, 0.29) is 24.5 Å². The number of aromatic nitrogens is 2. The summed E-state index contributed by atoms with van der Waals surface area (Å²) in [5.74, 6) is 2.72. The number of nitrogens with zero attached hydrogens (tertiary/aromatic N) is 2. The van der Waals surface area contributed by atoms with Crippen molar-refractivity contribution in [2.75, 3.05) is 0 Å². The summed E-state index contributed by atoms with van der Waals surface area (Å²) in [6, 6.07) is 8.26. The minimum absolute atomic E-state index is 0. The molecule has 1 aromatic carbocycles. The van der Waals surface area contributed by atoms with Gasteiger partial charge in [0.1, 0.15) is 6.10 Å². The number of para-hydroxylation sites is 2. The van der Waals surface area contributed by atoms with Crippen LogP contribution in [0.4, 0.5) is 0 Å². The molecule has 0 bridgehead atoms. The predicted octanol–water partition coefficient (Wildman–Crippen LogP) is 1.04. The average Bonchev–Trinajstić information content (AvgIpc) is 2.86. The van der Waals surface area contributed by atoms with Crippen LogP contribution in [0.3, 0.4) is 0 Å². The highest BCUT2D eigenvalue weighted by Gasteiger charge is 2.34. The van der Waals surface area contributed by atoms with Gasteiger partial charge in [0.15, 0.2) is 17.6 Å². The number of rotatable bonds is 5. The van der Waals surface area contributed by atoms with Crippen molar-refractivity contribution in [3.63, 3.8) is 0 Å². The van der Waals surface area contributed by atoms with Gasteiger partial charge >= 0.3 is 5.97 Å². The van der Waals surface area contributed by atoms with Gasteiger partial charge in [-0.25, -0.2) is 13.9 Å². The van der Waals surface area contributed by atoms with Crippen molar-refractivity contribution >= 4 is 17.0 Å². The van der Waals surface area contributed by atoms with Gasteiger partial charge in [-0.15, -0.1) is 0 Å². The number of esters is 1. The Hall–Kier alpha value is -1.55. The van der Waals surface area contributed by atoms with Crippen LogP contribution in [0.25, 0.3) is 11.0 Å². The van der Waals surface area contributed by atoms with Crippen LogP contribution in [0.5, 0.6) is 0 Å². The summed E-state index contributed by atoms with van der Waals surface area (Å²) in [5.41, 5.74) is 2.25. The van der Waals surface area contributed by atoms with E-state index < -0.39 is 0 Å². The highest BCUT2D eigenvalue weighted by molar-refractivity contribution is 5.76. The first-order valence-corrected chi connectivity index (χ1v) is 10.1. The topological polar surface area (TPSA) is 35.1 Å². The summed E-state index contributed by atoms with van der Waals surface area (Å²) in [5, 5.41) is 0. The zero-order valence-corrected chi connectivity index (χ0v) is 18.0. The average molecular weight is 393 g/mol. The number of imidazole rings is 1. The summed E-state index contributed by atoms with van der Waals surface area (Å²) < 4.78 is 10.3. The first-order chi connectivity index (χ1) is 12.4. The maximum Gasteiger partial charge on any atom is 0.348 e. The van der Waals surface area contributed by atoms with Gasteiger partial charge in [-0.3, -0.25) is 0 Å². The molecule has 0 spiro atoms. The summed E-state index contributed by atoms with van der Waals surface area (Å²) >= 11 is 0. The molecule has 1 heterocycles. The van der Waals surface area contributed by atoms with Gasteiger partial charge in [0.25, 0.3) is 5.82 Å². The molecule has 0 aliphatic heterocycles. The maximum absolute atomic E-state index is 12.8. The molecule has 0 N–H and O–H groups in total. The number of hydrogen-bond donors (Lipinski definition) is 0. The van der Waals surface area contributed by atoms with Crippen LogP contribution >= 0.6 is 0 Å². The number of halogens is 1. The Balaban J connectivity index is 0.00000261. The Bertz CT molecular complexity index is 784. The monoisotopic (exact) mass is 392 g/mol. The number of ether oxygens (including phenoxy) is 1. The van der Waals surface area contributed by atoms with Crippen molar-refractivity contribution in [1.29, 1.82) is 0 Å². The standard InChI is InChI=1S/C22H33N2O2.ClH/c1-6-21-23(5)18-9-7-8-10-19(18)24(21)14-22(25)26-20-13-16(4)11-12-17(20)15(2)3;/h7-10,15-17,20H,6,11-14H2,1-5H3;1H/q+1;/p-1/t16-,17?,20-;/m1./s1. The summed E-state index contributed by atoms with van der Waals surface area (Å²) in [7, 11) is 2.07. The Morgan fingerprint density at radius 1 is 1.30 bits per heavy atom. The van der Waals surface area contributed by atoms with E-state index in [9.17, 15) is 4.79 Å². The number of hydrogen-bond acceptors (Lipinski definition) is 2. The molecular weight excluding hydrogens is 360 g/mol. The zero-order chi connectivity index (χ0) is 18.8. The molecule has 0 saturated heterocycles. The molecule has 0 amide bonds. The molecule has 2 aromatic rings. The van der Waals surface area contributed by atoms with Gasteiger partial charge in [-0.05, 0) is 42.7 Å². The smallest absolute Gasteiger partial charge is 0.348 e. The van der Waals surface area contributed by atoms with Gasteiger partial charge in [-0.2, -0.15) is 0 Å². The van der Waals surface area contributed by atoms with Gasteiger partial charge < -0.3 is 17.1 Å². The lowest BCUT2D eigenvalue weighted by Crippen LogP contribution is -3.00. The highest BCUT2D eigenvalue weighted by Crippen LogP contribution is 2.35. The second-order valence-corrected chi connectivity index (χ2v) is 8.26. The summed E-state index contributed by atoms with van der Waals surface area (Å²) in [6.07, 6.45) is 4.35. The van der Waals surface area contributed by atoms with Crippen LogP contribution in [0.2, 0.25) is 0 Å². The third-order valence-electron chi connectivity index (χ3n) is 6.08. The van der Waals surface area contributed by atoms with E-state index >= 15 is 0 Å². The minimum Gasteiger partial charge on any atom is -1.00 e. The second-order valence-electron chi connectivity index (χ2n) is 8.26. The molecule has 1 unspecified atom stereocenters. The van der Waals surface area contributed by atoms with Gasteiger partial charge in [0.05, 0.1) is 7.05 Å². The van der Waals surface area contributed by atoms with Crippen LogP contribution in [-0.4, -0.2) is 16.6 Å². The predicted molar refractivity (Wildman–Crippen MR) is 104 cm³/mol. The van der Waals surface area contributed by atoms with Crippen LogP contribution < -0.4 is 17.0 Å². The number of carbonyl (C=O) groups excluding carboxylic acids is 1. The molecule has 1 saturated carbocycles. The first-order valence-electron chi connectivity index (χ1n) is 10.1. The van der Waals surface area contributed by atoms with Gasteiger partial charge in [0, 0.05) is 6.42 Å². The molecule has 150 valence electrons. The van der Waals surface area contributed by atoms with Crippen molar-refractivity contribution in [2.45, 2.75) is 66.0 Å². The molecular formula is C22H33ClN2O2. The third kappa shape index (κ3) is 4.48. The molecule has 0 radical (unpaired) electrons. The fourth-order valence-electron chi connectivity index (χ4n) is 4.63. The summed E-state index contributed by atoms with van der Waals surface area (Å²) in [6.45, 7) is 9.19. The van der Waals surface area contributed by atoms with E-state index in [2.05, 4.69) is 56.0 Å². The third-order valence-corrected chi connectivity index (χ3v) is 6.08. The zero-order valence-electron chi connectivity index (χ0n) is 17.2. The van der Waals surface area contributed by atoms with E-state index in [0.717, 1.165) is 29.7 Å². The second kappa shape index (κ2) is 9.09. The van der Waals surface area contributed by atoms with E-state index in [1.54, 1.807) is 0 Å². The van der Waals surface area contributed by atoms with Crippen molar-refractivity contribution in [3.05, 3.63) is 30.1 Å². The van der Waals surface area contributed by atoms with Crippen LogP contribution in [0.15, 0.2) is 24.3 Å². The quantitative estimate of drug-likeness (QED) is 0.563. The molecule has 1 aliphatic carbocycles. The number of aryl methyl sites for hydroxylation is 1. The maximum atomic E-state index is 12.8. The lowest BCUT2D eigenvalue weighted by molar-refractivity contribution is -0.653. The van der Waals surface area contributed by atoms with Crippen LogP contribution in [0.1, 0.15) is 52.8 Å². The van der Waals surface area contributed by atoms with E-state index in [4.69, 9.17) is 4.74 Å². The fraction of sp³-hybridized carbons (Fsp3) is 0.636. The van der Waals surface area contributed by atoms with E-state index in [1.807, 2.05) is 12.1 Å². The Labute approximate surface area is 169 Å². The lowest BCUT2D eigenvalue weighted by Gasteiger charge is -2.36. The fourth-order valence-corrected chi connectivity index (χ4v) is 4.63. The molecule has 1 aromatic heterocycles. The van der Waals surface area contributed by atoms with Crippen molar-refractivity contribution < 1.29 is 26.5 Å². The number of benzene rings is 1. The van der Waals surface area contributed by atoms with Crippen LogP contribution in [0, 0.1) is 17.8 Å². The van der Waals surface area contributed by atoms with E-state index in [1.165, 1.54) is 12.8 Å². The first kappa shape index (κ1) is 21.7. The number of fused-ring (bicyclic) bond motifs is 1. The molecule has 1 aliphatic rings. The molecule has 5 heteroatoms. The Morgan fingerprint density at radius 3 is 2.67 bits per heavy atom. The van der Waals surface area contributed by atoms with Gasteiger partial charge in [-0.1, -0.05) is 46.2 Å². The lowest BCUT2D eigenvalue weighted by atomic mass is 9.75. The Kier molecular flexibility index (Phi) is 7.32. The molecule has 3 atom stereocenters. The summed E-state index contributed by atoms with van der Waals surface area (Å²) in [4.78, 5) is 12.8. The van der Waals surface area contributed by atoms with Crippen molar-refractivity contribution in [3.8, 4) is 0 Å². The molecule has 4 nitrogen and oxygen atoms in total.